The van der Waals surface area contributed by atoms with Crippen molar-refractivity contribution in [3.05, 3.63) is 53.7 Å². The van der Waals surface area contributed by atoms with Crippen LogP contribution in [-0.2, 0) is 0 Å². The first-order valence-corrected chi connectivity index (χ1v) is 11.7. The summed E-state index contributed by atoms with van der Waals surface area (Å²) in [6, 6.07) is 9.80. The zero-order chi connectivity index (χ0) is 24.1. The van der Waals surface area contributed by atoms with Crippen molar-refractivity contribution in [2.24, 2.45) is 5.92 Å². The Morgan fingerprint density at radius 2 is 2.14 bits per heavy atom. The fourth-order valence-electron chi connectivity index (χ4n) is 5.31. The second-order valence-corrected chi connectivity index (χ2v) is 9.16. The lowest BCUT2D eigenvalue weighted by Gasteiger charge is -2.30. The van der Waals surface area contributed by atoms with Crippen LogP contribution in [0.3, 0.4) is 0 Å². The SMILES string of the molecule is Cc1noc(C)c1-c1ccc2nc(N3CC[C@H](CNC(=O)O)C3)n3c2c1OC[C@@H]3c1ccccn1. The normalized spacial score (nSPS) is 19.2. The molecule has 0 saturated carbocycles. The highest BCUT2D eigenvalue weighted by Crippen LogP contribution is 2.46. The molecule has 10 nitrogen and oxygen atoms in total. The van der Waals surface area contributed by atoms with E-state index >= 15 is 0 Å². The molecule has 1 saturated heterocycles. The van der Waals surface area contributed by atoms with Gasteiger partial charge in [0.05, 0.1) is 22.5 Å². The van der Waals surface area contributed by atoms with Crippen LogP contribution in [0.2, 0.25) is 0 Å². The van der Waals surface area contributed by atoms with E-state index in [0.717, 1.165) is 70.5 Å². The van der Waals surface area contributed by atoms with E-state index in [1.54, 1.807) is 6.20 Å². The number of rotatable bonds is 5. The summed E-state index contributed by atoms with van der Waals surface area (Å²) in [6.07, 6.45) is 1.70. The fraction of sp³-hybridized carbons (Fsp3) is 0.360. The molecular weight excluding hydrogens is 448 g/mol. The number of ether oxygens (including phenoxy) is 1. The molecule has 2 aliphatic rings. The van der Waals surface area contributed by atoms with Gasteiger partial charge in [-0.1, -0.05) is 11.2 Å². The quantitative estimate of drug-likeness (QED) is 0.449. The smallest absolute Gasteiger partial charge is 0.404 e. The van der Waals surface area contributed by atoms with Crippen LogP contribution in [0, 0.1) is 19.8 Å². The molecule has 0 aliphatic carbocycles. The third-order valence-corrected chi connectivity index (χ3v) is 6.93. The minimum atomic E-state index is -0.992. The summed E-state index contributed by atoms with van der Waals surface area (Å²) in [5, 5.41) is 15.7. The Hall–Kier alpha value is -4.08. The summed E-state index contributed by atoms with van der Waals surface area (Å²) in [6.45, 7) is 6.22. The van der Waals surface area contributed by atoms with Gasteiger partial charge in [-0.05, 0) is 50.5 Å². The second-order valence-electron chi connectivity index (χ2n) is 9.16. The van der Waals surface area contributed by atoms with Crippen molar-refractivity contribution < 1.29 is 19.2 Å². The highest BCUT2D eigenvalue weighted by Gasteiger charge is 2.35. The first-order chi connectivity index (χ1) is 17.0. The predicted octanol–water partition coefficient (Wildman–Crippen LogP) is 3.78. The third-order valence-electron chi connectivity index (χ3n) is 6.93. The van der Waals surface area contributed by atoms with Crippen LogP contribution in [-0.4, -0.2) is 57.1 Å². The maximum absolute atomic E-state index is 11.0. The zero-order valence-corrected chi connectivity index (χ0v) is 19.6. The highest BCUT2D eigenvalue weighted by atomic mass is 16.5. The van der Waals surface area contributed by atoms with Crippen molar-refractivity contribution >= 4 is 23.1 Å². The van der Waals surface area contributed by atoms with Crippen molar-refractivity contribution in [3.63, 3.8) is 0 Å². The lowest BCUT2D eigenvalue weighted by atomic mass is 10.0. The van der Waals surface area contributed by atoms with E-state index < -0.39 is 6.09 Å². The predicted molar refractivity (Wildman–Crippen MR) is 129 cm³/mol. The van der Waals surface area contributed by atoms with E-state index in [9.17, 15) is 4.79 Å². The Labute approximate surface area is 201 Å². The van der Waals surface area contributed by atoms with E-state index in [4.69, 9.17) is 19.4 Å². The van der Waals surface area contributed by atoms with Crippen molar-refractivity contribution in [3.8, 4) is 16.9 Å². The van der Waals surface area contributed by atoms with E-state index in [2.05, 4.69) is 24.9 Å². The number of hydrogen-bond acceptors (Lipinski definition) is 7. The number of aryl methyl sites for hydroxylation is 2. The molecule has 2 atom stereocenters. The number of anilines is 1. The molecule has 4 aromatic rings. The Morgan fingerprint density at radius 3 is 2.89 bits per heavy atom. The number of carboxylic acid groups (broad SMARTS) is 1. The summed E-state index contributed by atoms with van der Waals surface area (Å²) < 4.78 is 14.1. The van der Waals surface area contributed by atoms with Crippen LogP contribution in [0.4, 0.5) is 10.7 Å². The van der Waals surface area contributed by atoms with Gasteiger partial charge in [0.15, 0.2) is 5.75 Å². The lowest BCUT2D eigenvalue weighted by Crippen LogP contribution is -2.32. The van der Waals surface area contributed by atoms with Gasteiger partial charge in [-0.25, -0.2) is 9.78 Å². The van der Waals surface area contributed by atoms with Crippen LogP contribution >= 0.6 is 0 Å². The summed E-state index contributed by atoms with van der Waals surface area (Å²) in [5.41, 5.74) is 5.36. The summed E-state index contributed by atoms with van der Waals surface area (Å²) in [4.78, 5) is 22.9. The van der Waals surface area contributed by atoms with Gasteiger partial charge < -0.3 is 24.6 Å². The monoisotopic (exact) mass is 474 g/mol. The number of hydrogen-bond donors (Lipinski definition) is 2. The van der Waals surface area contributed by atoms with Gasteiger partial charge in [0.2, 0.25) is 5.95 Å². The molecular formula is C25H26N6O4. The molecule has 2 aliphatic heterocycles. The summed E-state index contributed by atoms with van der Waals surface area (Å²) in [5.74, 6) is 2.59. The van der Waals surface area contributed by atoms with Gasteiger partial charge in [0.25, 0.3) is 0 Å². The van der Waals surface area contributed by atoms with Crippen LogP contribution in [0.5, 0.6) is 5.75 Å². The van der Waals surface area contributed by atoms with E-state index in [1.807, 2.05) is 44.2 Å². The number of nitrogens with one attached hydrogen (secondary N) is 1. The van der Waals surface area contributed by atoms with Gasteiger partial charge >= 0.3 is 6.09 Å². The molecule has 5 heterocycles. The maximum Gasteiger partial charge on any atom is 0.404 e. The van der Waals surface area contributed by atoms with Gasteiger partial charge in [-0.15, -0.1) is 0 Å². The minimum absolute atomic E-state index is 0.139. The minimum Gasteiger partial charge on any atom is -0.488 e. The van der Waals surface area contributed by atoms with Gasteiger partial charge in [0, 0.05) is 31.4 Å². The third kappa shape index (κ3) is 3.56. The number of pyridine rings is 1. The zero-order valence-electron chi connectivity index (χ0n) is 19.6. The molecule has 0 bridgehead atoms. The molecule has 2 N–H and O–H groups in total. The Bertz CT molecular complexity index is 1390. The van der Waals surface area contributed by atoms with Gasteiger partial charge in [0.1, 0.15) is 23.9 Å². The summed E-state index contributed by atoms with van der Waals surface area (Å²) >= 11 is 0. The maximum atomic E-state index is 11.0. The fourth-order valence-corrected chi connectivity index (χ4v) is 5.31. The standard InChI is InChI=1S/C25H26N6O4/c1-14-21(15(2)35-29-14)17-6-7-19-22-23(17)34-13-20(18-5-3-4-9-26-18)31(22)24(28-19)30-10-8-16(12-30)11-27-25(32)33/h3-7,9,16,20,27H,8,10-13H2,1-2H3,(H,32,33)/t16-,20-/m1/s1. The van der Waals surface area contributed by atoms with E-state index in [0.29, 0.717) is 13.2 Å². The van der Waals surface area contributed by atoms with Crippen molar-refractivity contribution in [2.45, 2.75) is 26.3 Å². The number of aromatic nitrogens is 4. The number of imidazole rings is 1. The van der Waals surface area contributed by atoms with E-state index in [1.165, 1.54) is 0 Å². The van der Waals surface area contributed by atoms with E-state index in [-0.39, 0.29) is 12.0 Å². The Balaban J connectivity index is 1.50. The number of nitrogens with zero attached hydrogens (tertiary/aromatic N) is 5. The first kappa shape index (κ1) is 21.5. The molecule has 6 rings (SSSR count). The number of carbonyl (C=O) groups is 1. The van der Waals surface area contributed by atoms with Crippen molar-refractivity contribution in [1.82, 2.24) is 25.0 Å². The van der Waals surface area contributed by atoms with Gasteiger partial charge in [-0.2, -0.15) is 0 Å². The molecule has 10 heteroatoms. The molecule has 0 spiro atoms. The molecule has 1 fully saturated rings. The van der Waals surface area contributed by atoms with Gasteiger partial charge in [-0.3, -0.25) is 9.55 Å². The molecule has 1 aromatic carbocycles. The molecule has 1 amide bonds. The molecule has 180 valence electrons. The summed E-state index contributed by atoms with van der Waals surface area (Å²) in [7, 11) is 0. The van der Waals surface area contributed by atoms with Crippen LogP contribution < -0.4 is 15.0 Å². The highest BCUT2D eigenvalue weighted by molar-refractivity contribution is 5.94. The Morgan fingerprint density at radius 1 is 1.26 bits per heavy atom. The first-order valence-electron chi connectivity index (χ1n) is 11.7. The van der Waals surface area contributed by atoms with Crippen LogP contribution in [0.25, 0.3) is 22.2 Å². The topological polar surface area (TPSA) is 119 Å². The lowest BCUT2D eigenvalue weighted by molar-refractivity contribution is 0.192. The Kier molecular flexibility index (Phi) is 5.09. The largest absolute Gasteiger partial charge is 0.488 e. The van der Waals surface area contributed by atoms with Crippen molar-refractivity contribution in [2.75, 3.05) is 31.1 Å². The molecule has 3 aromatic heterocycles. The molecule has 0 radical (unpaired) electrons. The average molecular weight is 475 g/mol. The average Bonchev–Trinajstić information content (AvgIpc) is 3.57. The number of benzene rings is 1. The number of amides is 1. The van der Waals surface area contributed by atoms with Crippen LogP contribution in [0.15, 0.2) is 41.1 Å². The second kappa shape index (κ2) is 8.30. The molecule has 35 heavy (non-hydrogen) atoms. The molecule has 0 unspecified atom stereocenters. The van der Waals surface area contributed by atoms with Crippen LogP contribution in [0.1, 0.15) is 29.6 Å². The van der Waals surface area contributed by atoms with Crippen molar-refractivity contribution in [1.29, 1.82) is 0 Å².